The van der Waals surface area contributed by atoms with E-state index in [9.17, 15) is 13.6 Å². The Labute approximate surface area is 184 Å². The SMILES string of the molecule is C=C(/C=C1/NC2(COC2)CN1C(C)=O)OCc1cc(F)c(Oc2ccc(C)nc2)c(F)c1. The summed E-state index contributed by atoms with van der Waals surface area (Å²) in [6.45, 7) is 8.48. The lowest BCUT2D eigenvalue weighted by molar-refractivity contribution is -0.128. The molecule has 0 atom stereocenters. The van der Waals surface area contributed by atoms with Crippen LogP contribution in [-0.2, 0) is 20.9 Å². The van der Waals surface area contributed by atoms with Crippen LogP contribution in [0.15, 0.2) is 54.7 Å². The van der Waals surface area contributed by atoms with E-state index < -0.39 is 17.4 Å². The Bertz CT molecular complexity index is 1060. The van der Waals surface area contributed by atoms with Crippen molar-refractivity contribution >= 4 is 5.91 Å². The first-order chi connectivity index (χ1) is 15.2. The number of hydrogen-bond acceptors (Lipinski definition) is 6. The van der Waals surface area contributed by atoms with Crippen molar-refractivity contribution in [2.45, 2.75) is 26.0 Å². The number of halogens is 2. The molecule has 0 radical (unpaired) electrons. The third-order valence-corrected chi connectivity index (χ3v) is 5.17. The Balaban J connectivity index is 1.41. The van der Waals surface area contributed by atoms with Gasteiger partial charge in [-0.1, -0.05) is 6.58 Å². The maximum atomic E-state index is 14.5. The summed E-state index contributed by atoms with van der Waals surface area (Å²) in [5.74, 6) is -1.34. The van der Waals surface area contributed by atoms with Gasteiger partial charge in [-0.3, -0.25) is 14.7 Å². The molecule has 168 valence electrons. The molecule has 1 N–H and O–H groups in total. The molecule has 1 aromatic carbocycles. The van der Waals surface area contributed by atoms with Crippen molar-refractivity contribution in [1.29, 1.82) is 0 Å². The molecule has 7 nitrogen and oxygen atoms in total. The quantitative estimate of drug-likeness (QED) is 0.689. The van der Waals surface area contributed by atoms with Crippen LogP contribution in [0.25, 0.3) is 0 Å². The average Bonchev–Trinajstić information content (AvgIpc) is 3.11. The monoisotopic (exact) mass is 443 g/mol. The van der Waals surface area contributed by atoms with Crippen LogP contribution >= 0.6 is 0 Å². The number of nitrogens with zero attached hydrogens (tertiary/aromatic N) is 2. The summed E-state index contributed by atoms with van der Waals surface area (Å²) in [5, 5.41) is 3.28. The lowest BCUT2D eigenvalue weighted by atomic mass is 9.99. The number of ether oxygens (including phenoxy) is 3. The van der Waals surface area contributed by atoms with Crippen LogP contribution in [0.2, 0.25) is 0 Å². The fourth-order valence-corrected chi connectivity index (χ4v) is 3.47. The minimum atomic E-state index is -0.861. The Morgan fingerprint density at radius 3 is 2.62 bits per heavy atom. The van der Waals surface area contributed by atoms with Gasteiger partial charge in [0.15, 0.2) is 17.4 Å². The van der Waals surface area contributed by atoms with Crippen molar-refractivity contribution in [3.05, 3.63) is 77.6 Å². The molecule has 2 aromatic rings. The highest BCUT2D eigenvalue weighted by molar-refractivity contribution is 5.76. The van der Waals surface area contributed by atoms with Crippen LogP contribution in [-0.4, -0.2) is 41.1 Å². The first-order valence-electron chi connectivity index (χ1n) is 10.0. The highest BCUT2D eigenvalue weighted by Gasteiger charge is 2.47. The van der Waals surface area contributed by atoms with Gasteiger partial charge < -0.3 is 19.5 Å². The second kappa shape index (κ2) is 8.58. The molecule has 1 spiro atoms. The number of allylic oxidation sites excluding steroid dienone is 1. The van der Waals surface area contributed by atoms with E-state index in [0.717, 1.165) is 17.8 Å². The summed E-state index contributed by atoms with van der Waals surface area (Å²) in [5.41, 5.74) is 0.740. The second-order valence-corrected chi connectivity index (χ2v) is 7.91. The number of rotatable bonds is 6. The standard InChI is InChI=1S/C23H23F2N3O4/c1-14-4-5-18(9-26-14)32-22-19(24)7-17(8-20(22)25)10-31-15(2)6-21-27-23(12-30-13-23)11-28(21)16(3)29/h4-9,27H,2,10-13H2,1,3H3/b21-6-. The first-order valence-corrected chi connectivity index (χ1v) is 10.0. The molecule has 32 heavy (non-hydrogen) atoms. The molecule has 2 aliphatic rings. The number of nitrogens with one attached hydrogen (secondary N) is 1. The van der Waals surface area contributed by atoms with Crippen molar-refractivity contribution in [1.82, 2.24) is 15.2 Å². The minimum absolute atomic E-state index is 0.114. The largest absolute Gasteiger partial charge is 0.489 e. The van der Waals surface area contributed by atoms with Gasteiger partial charge in [-0.15, -0.1) is 0 Å². The number of carbonyl (C=O) groups is 1. The predicted molar refractivity (Wildman–Crippen MR) is 111 cm³/mol. The van der Waals surface area contributed by atoms with Crippen molar-refractivity contribution < 1.29 is 27.8 Å². The fraction of sp³-hybridized carbons (Fsp3) is 0.304. The van der Waals surface area contributed by atoms with E-state index in [1.807, 2.05) is 0 Å². The number of benzene rings is 1. The molecule has 0 saturated carbocycles. The van der Waals surface area contributed by atoms with E-state index >= 15 is 0 Å². The number of carbonyl (C=O) groups excluding carboxylic acids is 1. The van der Waals surface area contributed by atoms with Crippen LogP contribution in [0.3, 0.4) is 0 Å². The third-order valence-electron chi connectivity index (χ3n) is 5.17. The van der Waals surface area contributed by atoms with Crippen LogP contribution in [0.4, 0.5) is 8.78 Å². The van der Waals surface area contributed by atoms with Gasteiger partial charge in [-0.2, -0.15) is 0 Å². The summed E-state index contributed by atoms with van der Waals surface area (Å²) < 4.78 is 45.0. The van der Waals surface area contributed by atoms with Gasteiger partial charge in [-0.25, -0.2) is 8.78 Å². The second-order valence-electron chi connectivity index (χ2n) is 7.91. The first kappa shape index (κ1) is 21.8. The number of pyridine rings is 1. The van der Waals surface area contributed by atoms with Crippen LogP contribution in [0, 0.1) is 18.6 Å². The molecule has 4 rings (SSSR count). The van der Waals surface area contributed by atoms with Gasteiger partial charge in [0.1, 0.15) is 29.5 Å². The van der Waals surface area contributed by atoms with Gasteiger partial charge in [-0.05, 0) is 36.8 Å². The summed E-state index contributed by atoms with van der Waals surface area (Å²) in [4.78, 5) is 17.6. The Hall–Kier alpha value is -3.46. The van der Waals surface area contributed by atoms with Crippen molar-refractivity contribution in [2.24, 2.45) is 0 Å². The Kier molecular flexibility index (Phi) is 5.84. The zero-order valence-corrected chi connectivity index (χ0v) is 17.8. The molecule has 1 amide bonds. The van der Waals surface area contributed by atoms with Crippen molar-refractivity contribution in [3.8, 4) is 11.5 Å². The highest BCUT2D eigenvalue weighted by atomic mass is 19.1. The summed E-state index contributed by atoms with van der Waals surface area (Å²) in [7, 11) is 0. The van der Waals surface area contributed by atoms with Gasteiger partial charge >= 0.3 is 0 Å². The molecule has 0 unspecified atom stereocenters. The van der Waals surface area contributed by atoms with E-state index in [-0.39, 0.29) is 35.1 Å². The van der Waals surface area contributed by atoms with Crippen LogP contribution in [0.5, 0.6) is 11.5 Å². The minimum Gasteiger partial charge on any atom is -0.489 e. The van der Waals surface area contributed by atoms with E-state index in [4.69, 9.17) is 14.2 Å². The lowest BCUT2D eigenvalue weighted by Gasteiger charge is -2.37. The predicted octanol–water partition coefficient (Wildman–Crippen LogP) is 3.55. The smallest absolute Gasteiger partial charge is 0.225 e. The van der Waals surface area contributed by atoms with E-state index in [2.05, 4.69) is 16.9 Å². The molecular formula is C23H23F2N3O4. The molecule has 1 aromatic heterocycles. The average molecular weight is 443 g/mol. The zero-order chi connectivity index (χ0) is 22.9. The zero-order valence-electron chi connectivity index (χ0n) is 17.8. The molecule has 3 heterocycles. The van der Waals surface area contributed by atoms with Crippen molar-refractivity contribution in [2.75, 3.05) is 19.8 Å². The van der Waals surface area contributed by atoms with E-state index in [1.54, 1.807) is 30.0 Å². The molecule has 2 saturated heterocycles. The Morgan fingerprint density at radius 2 is 2.06 bits per heavy atom. The topological polar surface area (TPSA) is 72.9 Å². The number of hydrogen-bond donors (Lipinski definition) is 1. The van der Waals surface area contributed by atoms with E-state index in [0.29, 0.717) is 25.6 Å². The fourth-order valence-electron chi connectivity index (χ4n) is 3.47. The van der Waals surface area contributed by atoms with Crippen molar-refractivity contribution in [3.63, 3.8) is 0 Å². The van der Waals surface area contributed by atoms with E-state index in [1.165, 1.54) is 13.1 Å². The number of amides is 1. The molecule has 2 fully saturated rings. The maximum Gasteiger partial charge on any atom is 0.225 e. The molecule has 9 heteroatoms. The summed E-state index contributed by atoms with van der Waals surface area (Å²) in [6.07, 6.45) is 2.98. The van der Waals surface area contributed by atoms with Gasteiger partial charge in [0.2, 0.25) is 5.91 Å². The van der Waals surface area contributed by atoms with Crippen LogP contribution in [0.1, 0.15) is 18.2 Å². The number of aromatic nitrogens is 1. The van der Waals surface area contributed by atoms with Gasteiger partial charge in [0.05, 0.1) is 26.0 Å². The summed E-state index contributed by atoms with van der Waals surface area (Å²) in [6, 6.07) is 5.53. The van der Waals surface area contributed by atoms with Crippen LogP contribution < -0.4 is 10.1 Å². The van der Waals surface area contributed by atoms with Gasteiger partial charge in [0.25, 0.3) is 0 Å². The highest BCUT2D eigenvalue weighted by Crippen LogP contribution is 2.30. The Morgan fingerprint density at radius 1 is 1.34 bits per heavy atom. The third kappa shape index (κ3) is 4.57. The molecule has 0 bridgehead atoms. The maximum absolute atomic E-state index is 14.5. The normalized spacial score (nSPS) is 17.8. The molecular weight excluding hydrogens is 420 g/mol. The summed E-state index contributed by atoms with van der Waals surface area (Å²) >= 11 is 0. The molecule has 0 aliphatic carbocycles. The molecule has 2 aliphatic heterocycles. The lowest BCUT2D eigenvalue weighted by Crippen LogP contribution is -2.59. The number of aryl methyl sites for hydroxylation is 1. The van der Waals surface area contributed by atoms with Gasteiger partial charge in [0, 0.05) is 18.7 Å².